The van der Waals surface area contributed by atoms with Gasteiger partial charge in [-0.05, 0) is 37.0 Å². The van der Waals surface area contributed by atoms with Gasteiger partial charge in [-0.15, -0.1) is 4.91 Å². The van der Waals surface area contributed by atoms with Crippen LogP contribution in [0, 0.1) is 4.91 Å². The van der Waals surface area contributed by atoms with E-state index in [1.807, 2.05) is 37.8 Å². The lowest BCUT2D eigenvalue weighted by Crippen LogP contribution is -2.10. The second-order valence-electron chi connectivity index (χ2n) is 4.30. The summed E-state index contributed by atoms with van der Waals surface area (Å²) in [6.07, 6.45) is 2.10. The molecule has 0 aliphatic carbocycles. The Bertz CT molecular complexity index is 528. The number of nitroso groups, excluding NO2 is 1. The molecule has 2 rings (SSSR count). The summed E-state index contributed by atoms with van der Waals surface area (Å²) in [6.45, 7) is 0.894. The van der Waals surface area contributed by atoms with E-state index in [1.54, 1.807) is 6.07 Å². The molecular weight excluding hydrogens is 202 g/mol. The minimum absolute atomic E-state index is 0.477. The van der Waals surface area contributed by atoms with Gasteiger partial charge in [-0.3, -0.25) is 0 Å². The van der Waals surface area contributed by atoms with Crippen LogP contribution in [0.1, 0.15) is 5.56 Å². The van der Waals surface area contributed by atoms with Gasteiger partial charge in [-0.2, -0.15) is 0 Å². The molecule has 0 radical (unpaired) electrons. The average molecular weight is 217 g/mol. The molecule has 0 unspecified atom stereocenters. The number of aromatic nitrogens is 1. The van der Waals surface area contributed by atoms with E-state index in [0.717, 1.165) is 12.1 Å². The van der Waals surface area contributed by atoms with E-state index in [1.165, 1.54) is 10.9 Å². The molecule has 84 valence electrons. The van der Waals surface area contributed by atoms with Crippen LogP contribution in [-0.2, 0) is 13.6 Å². The van der Waals surface area contributed by atoms with Crippen molar-refractivity contribution in [2.45, 2.75) is 6.54 Å². The van der Waals surface area contributed by atoms with Crippen molar-refractivity contribution < 1.29 is 0 Å². The third-order valence-electron chi connectivity index (χ3n) is 2.65. The zero-order valence-corrected chi connectivity index (χ0v) is 9.77. The number of rotatable bonds is 3. The van der Waals surface area contributed by atoms with E-state index in [0.29, 0.717) is 5.69 Å². The van der Waals surface area contributed by atoms with E-state index in [2.05, 4.69) is 16.3 Å². The maximum atomic E-state index is 10.5. The fourth-order valence-electron chi connectivity index (χ4n) is 1.98. The van der Waals surface area contributed by atoms with E-state index in [-0.39, 0.29) is 0 Å². The van der Waals surface area contributed by atoms with Crippen molar-refractivity contribution >= 4 is 16.6 Å². The molecule has 0 aliphatic rings. The second kappa shape index (κ2) is 4.06. The Hall–Kier alpha value is -1.68. The van der Waals surface area contributed by atoms with Crippen molar-refractivity contribution in [3.05, 3.63) is 34.9 Å². The van der Waals surface area contributed by atoms with Crippen LogP contribution in [0.15, 0.2) is 29.6 Å². The molecule has 4 nitrogen and oxygen atoms in total. The smallest absolute Gasteiger partial charge is 0.110 e. The fraction of sp³-hybridized carbons (Fsp3) is 0.333. The summed E-state index contributed by atoms with van der Waals surface area (Å²) in [6, 6.07) is 5.54. The van der Waals surface area contributed by atoms with Gasteiger partial charge in [0.15, 0.2) is 0 Å². The van der Waals surface area contributed by atoms with Crippen LogP contribution in [0.2, 0.25) is 0 Å². The van der Waals surface area contributed by atoms with Crippen LogP contribution in [-0.4, -0.2) is 23.6 Å². The molecule has 0 amide bonds. The van der Waals surface area contributed by atoms with E-state index >= 15 is 0 Å². The first-order valence-corrected chi connectivity index (χ1v) is 5.18. The number of benzene rings is 1. The van der Waals surface area contributed by atoms with Crippen LogP contribution in [0.4, 0.5) is 5.69 Å². The number of nitrogens with zero attached hydrogens (tertiary/aromatic N) is 3. The monoisotopic (exact) mass is 217 g/mol. The molecule has 4 heteroatoms. The van der Waals surface area contributed by atoms with Gasteiger partial charge in [0.05, 0.1) is 5.52 Å². The van der Waals surface area contributed by atoms with Crippen molar-refractivity contribution in [3.63, 3.8) is 0 Å². The number of fused-ring (bicyclic) bond motifs is 1. The molecule has 1 heterocycles. The molecule has 0 spiro atoms. The van der Waals surface area contributed by atoms with Gasteiger partial charge < -0.3 is 9.47 Å². The molecule has 0 aliphatic heterocycles. The zero-order chi connectivity index (χ0) is 11.7. The molecule has 0 N–H and O–H groups in total. The lowest BCUT2D eigenvalue weighted by molar-refractivity contribution is 0.404. The summed E-state index contributed by atoms with van der Waals surface area (Å²) in [4.78, 5) is 12.6. The van der Waals surface area contributed by atoms with Crippen molar-refractivity contribution in [2.24, 2.45) is 12.2 Å². The Morgan fingerprint density at radius 3 is 2.75 bits per heavy atom. The van der Waals surface area contributed by atoms with Crippen LogP contribution >= 0.6 is 0 Å². The highest BCUT2D eigenvalue weighted by molar-refractivity contribution is 5.86. The molecule has 0 saturated carbocycles. The van der Waals surface area contributed by atoms with E-state index in [9.17, 15) is 4.91 Å². The second-order valence-corrected chi connectivity index (χ2v) is 4.30. The van der Waals surface area contributed by atoms with E-state index < -0.39 is 0 Å². The lowest BCUT2D eigenvalue weighted by atomic mass is 10.1. The van der Waals surface area contributed by atoms with Gasteiger partial charge in [-0.1, -0.05) is 6.07 Å². The Balaban J connectivity index is 2.57. The standard InChI is InChI=1S/C12H15N3O/c1-14(2)7-9-8-15(3)12-6-10(13-16)4-5-11(9)12/h4-6,8H,7H2,1-3H3. The topological polar surface area (TPSA) is 37.6 Å². The molecule has 0 atom stereocenters. The first-order chi connectivity index (χ1) is 7.61. The first kappa shape index (κ1) is 10.8. The maximum Gasteiger partial charge on any atom is 0.110 e. The molecule has 0 saturated heterocycles. The molecule has 0 fully saturated rings. The number of hydrogen-bond donors (Lipinski definition) is 0. The summed E-state index contributed by atoms with van der Waals surface area (Å²) >= 11 is 0. The van der Waals surface area contributed by atoms with Crippen LogP contribution in [0.25, 0.3) is 10.9 Å². The van der Waals surface area contributed by atoms with E-state index in [4.69, 9.17) is 0 Å². The predicted octanol–water partition coefficient (Wildman–Crippen LogP) is 2.64. The van der Waals surface area contributed by atoms with Crippen molar-refractivity contribution in [1.82, 2.24) is 9.47 Å². The van der Waals surface area contributed by atoms with Gasteiger partial charge >= 0.3 is 0 Å². The zero-order valence-electron chi connectivity index (χ0n) is 9.77. The van der Waals surface area contributed by atoms with Crippen molar-refractivity contribution in [3.8, 4) is 0 Å². The van der Waals surface area contributed by atoms with Gasteiger partial charge in [-0.25, -0.2) is 0 Å². The predicted molar refractivity (Wildman–Crippen MR) is 65.8 cm³/mol. The third kappa shape index (κ3) is 1.84. The van der Waals surface area contributed by atoms with Gasteiger partial charge in [0.25, 0.3) is 0 Å². The fourth-order valence-corrected chi connectivity index (χ4v) is 1.98. The molecule has 1 aromatic heterocycles. The van der Waals surface area contributed by atoms with Gasteiger partial charge in [0.1, 0.15) is 5.69 Å². The normalized spacial score (nSPS) is 11.2. The van der Waals surface area contributed by atoms with Crippen LogP contribution in [0.5, 0.6) is 0 Å². The van der Waals surface area contributed by atoms with Crippen LogP contribution < -0.4 is 0 Å². The Kier molecular flexibility index (Phi) is 2.75. The average Bonchev–Trinajstić information content (AvgIpc) is 2.54. The summed E-state index contributed by atoms with van der Waals surface area (Å²) < 4.78 is 2.03. The lowest BCUT2D eigenvalue weighted by Gasteiger charge is -2.07. The maximum absolute atomic E-state index is 10.5. The largest absolute Gasteiger partial charge is 0.350 e. The third-order valence-corrected chi connectivity index (χ3v) is 2.65. The van der Waals surface area contributed by atoms with Crippen LogP contribution in [0.3, 0.4) is 0 Å². The summed E-state index contributed by atoms with van der Waals surface area (Å²) in [7, 11) is 6.07. The Labute approximate surface area is 94.4 Å². The van der Waals surface area contributed by atoms with Crippen molar-refractivity contribution in [1.29, 1.82) is 0 Å². The van der Waals surface area contributed by atoms with Crippen molar-refractivity contribution in [2.75, 3.05) is 14.1 Å². The Morgan fingerprint density at radius 2 is 2.12 bits per heavy atom. The molecular formula is C12H15N3O. The first-order valence-electron chi connectivity index (χ1n) is 5.18. The van der Waals surface area contributed by atoms with Gasteiger partial charge in [0, 0.05) is 25.2 Å². The molecule has 1 aromatic carbocycles. The quantitative estimate of drug-likeness (QED) is 0.741. The number of hydrogen-bond acceptors (Lipinski definition) is 3. The molecule has 0 bridgehead atoms. The SMILES string of the molecule is CN(C)Cc1cn(C)c2cc(N=O)ccc12. The number of aryl methyl sites for hydroxylation is 1. The highest BCUT2D eigenvalue weighted by Gasteiger charge is 2.08. The molecule has 2 aromatic rings. The molecule has 16 heavy (non-hydrogen) atoms. The highest BCUT2D eigenvalue weighted by atomic mass is 16.3. The van der Waals surface area contributed by atoms with Gasteiger partial charge in [0.2, 0.25) is 0 Å². The summed E-state index contributed by atoms with van der Waals surface area (Å²) in [5.74, 6) is 0. The highest BCUT2D eigenvalue weighted by Crippen LogP contribution is 2.25. The minimum atomic E-state index is 0.477. The summed E-state index contributed by atoms with van der Waals surface area (Å²) in [5, 5.41) is 4.14. The Morgan fingerprint density at radius 1 is 1.38 bits per heavy atom. The minimum Gasteiger partial charge on any atom is -0.350 e. The summed E-state index contributed by atoms with van der Waals surface area (Å²) in [5.41, 5.74) is 2.79.